The average molecular weight is 370 g/mol. The number of likely N-dealkylation sites (N-methyl/N-ethyl adjacent to an activating group) is 1. The lowest BCUT2D eigenvalue weighted by Gasteiger charge is -2.37. The van der Waals surface area contributed by atoms with Crippen molar-refractivity contribution in [3.8, 4) is 5.69 Å². The second-order valence-corrected chi connectivity index (χ2v) is 7.19. The lowest BCUT2D eigenvalue weighted by atomic mass is 9.91. The highest BCUT2D eigenvalue weighted by Gasteiger charge is 2.46. The van der Waals surface area contributed by atoms with Crippen LogP contribution in [-0.4, -0.2) is 69.0 Å². The van der Waals surface area contributed by atoms with E-state index in [9.17, 15) is 9.59 Å². The van der Waals surface area contributed by atoms with Crippen molar-refractivity contribution in [1.29, 1.82) is 0 Å². The van der Waals surface area contributed by atoms with E-state index in [0.717, 1.165) is 16.9 Å². The van der Waals surface area contributed by atoms with Gasteiger partial charge in [-0.25, -0.2) is 9.59 Å². The number of benzene rings is 1. The van der Waals surface area contributed by atoms with Gasteiger partial charge in [-0.3, -0.25) is 4.57 Å². The molecule has 2 aliphatic heterocycles. The molecule has 0 radical (unpaired) electrons. The maximum Gasteiger partial charge on any atom is 0.410 e. The number of hydrogen-bond acceptors (Lipinski definition) is 5. The van der Waals surface area contributed by atoms with Crippen molar-refractivity contribution < 1.29 is 14.3 Å². The second kappa shape index (κ2) is 6.57. The number of nitrogens with zero attached hydrogens (tertiary/aromatic N) is 5. The maximum atomic E-state index is 12.7. The summed E-state index contributed by atoms with van der Waals surface area (Å²) in [6.07, 6.45) is 4.24. The number of nitrogens with one attached hydrogen (secondary N) is 1. The minimum atomic E-state index is -0.452. The molecule has 9 heteroatoms. The van der Waals surface area contributed by atoms with Gasteiger partial charge in [0.15, 0.2) is 0 Å². The summed E-state index contributed by atoms with van der Waals surface area (Å²) in [7, 11) is 1.74. The average Bonchev–Trinajstić information content (AvgIpc) is 3.26. The van der Waals surface area contributed by atoms with Crippen LogP contribution in [0.2, 0.25) is 0 Å². The second-order valence-electron chi connectivity index (χ2n) is 7.19. The fourth-order valence-electron chi connectivity index (χ4n) is 3.60. The summed E-state index contributed by atoms with van der Waals surface area (Å²) in [5.74, 6) is 0. The molecule has 1 aromatic heterocycles. The van der Waals surface area contributed by atoms with Crippen LogP contribution >= 0.6 is 0 Å². The van der Waals surface area contributed by atoms with Gasteiger partial charge >= 0.3 is 12.1 Å². The predicted octanol–water partition coefficient (Wildman–Crippen LogP) is 2.02. The van der Waals surface area contributed by atoms with Gasteiger partial charge in [-0.1, -0.05) is 6.07 Å². The number of likely N-dealkylation sites (tertiary alicyclic amines) is 1. The van der Waals surface area contributed by atoms with Crippen LogP contribution in [0.15, 0.2) is 30.9 Å². The molecule has 0 unspecified atom stereocenters. The van der Waals surface area contributed by atoms with Crippen molar-refractivity contribution in [3.63, 3.8) is 0 Å². The van der Waals surface area contributed by atoms with Crippen LogP contribution in [0.1, 0.15) is 18.4 Å². The van der Waals surface area contributed by atoms with E-state index in [1.807, 2.05) is 25.1 Å². The molecule has 2 aliphatic rings. The highest BCUT2D eigenvalue weighted by molar-refractivity contribution is 5.90. The first-order chi connectivity index (χ1) is 13.0. The van der Waals surface area contributed by atoms with Crippen molar-refractivity contribution in [1.82, 2.24) is 24.6 Å². The number of hydrogen-bond donors (Lipinski definition) is 1. The molecule has 3 heterocycles. The number of urea groups is 1. The van der Waals surface area contributed by atoms with Gasteiger partial charge in [0.05, 0.1) is 12.2 Å². The van der Waals surface area contributed by atoms with Crippen molar-refractivity contribution in [2.24, 2.45) is 0 Å². The van der Waals surface area contributed by atoms with E-state index in [1.54, 1.807) is 34.1 Å². The molecule has 1 spiro atoms. The zero-order valence-electron chi connectivity index (χ0n) is 15.4. The Labute approximate surface area is 156 Å². The van der Waals surface area contributed by atoms with Gasteiger partial charge in [-0.15, -0.1) is 10.2 Å². The number of piperidine rings is 1. The van der Waals surface area contributed by atoms with E-state index in [-0.39, 0.29) is 12.1 Å². The van der Waals surface area contributed by atoms with Gasteiger partial charge < -0.3 is 19.9 Å². The Morgan fingerprint density at radius 1 is 1.22 bits per heavy atom. The van der Waals surface area contributed by atoms with Crippen LogP contribution in [0, 0.1) is 6.92 Å². The van der Waals surface area contributed by atoms with Gasteiger partial charge in [0.25, 0.3) is 0 Å². The fraction of sp³-hybridized carbons (Fsp3) is 0.444. The molecule has 0 atom stereocenters. The number of aromatic nitrogens is 3. The molecule has 9 nitrogen and oxygen atoms in total. The summed E-state index contributed by atoms with van der Waals surface area (Å²) in [4.78, 5) is 27.7. The maximum absolute atomic E-state index is 12.7. The molecular formula is C18H22N6O3. The van der Waals surface area contributed by atoms with Crippen LogP contribution in [0.5, 0.6) is 0 Å². The number of carbonyl (C=O) groups excluding carboxylic acids is 2. The number of rotatable bonds is 2. The molecule has 0 saturated carbocycles. The monoisotopic (exact) mass is 370 g/mol. The van der Waals surface area contributed by atoms with Crippen LogP contribution in [0.3, 0.4) is 0 Å². The third-order valence-corrected chi connectivity index (χ3v) is 5.28. The van der Waals surface area contributed by atoms with E-state index < -0.39 is 5.60 Å². The van der Waals surface area contributed by atoms with Crippen LogP contribution in [0.25, 0.3) is 5.69 Å². The van der Waals surface area contributed by atoms with E-state index in [2.05, 4.69) is 15.5 Å². The predicted molar refractivity (Wildman–Crippen MR) is 97.8 cm³/mol. The quantitative estimate of drug-likeness (QED) is 0.873. The first-order valence-corrected chi connectivity index (χ1v) is 8.91. The molecule has 3 amide bonds. The lowest BCUT2D eigenvalue weighted by Crippen LogP contribution is -2.49. The summed E-state index contributed by atoms with van der Waals surface area (Å²) in [5.41, 5.74) is 2.14. The fourth-order valence-corrected chi connectivity index (χ4v) is 3.60. The van der Waals surface area contributed by atoms with E-state index in [0.29, 0.717) is 32.5 Å². The normalized spacial score (nSPS) is 18.7. The van der Waals surface area contributed by atoms with Crippen LogP contribution in [0.4, 0.5) is 15.3 Å². The summed E-state index contributed by atoms with van der Waals surface area (Å²) >= 11 is 0. The Morgan fingerprint density at radius 2 is 1.93 bits per heavy atom. The highest BCUT2D eigenvalue weighted by Crippen LogP contribution is 2.32. The Kier molecular flexibility index (Phi) is 4.21. The molecule has 4 rings (SSSR count). The van der Waals surface area contributed by atoms with Crippen LogP contribution in [-0.2, 0) is 4.74 Å². The number of carbonyl (C=O) groups is 2. The van der Waals surface area contributed by atoms with Crippen molar-refractivity contribution in [3.05, 3.63) is 36.4 Å². The molecule has 2 aromatic rings. The van der Waals surface area contributed by atoms with E-state index in [4.69, 9.17) is 4.74 Å². The molecule has 1 N–H and O–H groups in total. The minimum absolute atomic E-state index is 0.147. The van der Waals surface area contributed by atoms with Gasteiger partial charge in [-0.2, -0.15) is 0 Å². The standard InChI is InChI=1S/C18H22N6O3/c1-13-3-4-14(24-11-19-20-12-24)9-15(13)21-16(25)23-7-5-18(6-8-23)10-22(2)17(26)27-18/h3-4,9,11-12H,5-8,10H2,1-2H3,(H,21,25). The number of anilines is 1. The van der Waals surface area contributed by atoms with Crippen molar-refractivity contribution in [2.75, 3.05) is 32.0 Å². The topological polar surface area (TPSA) is 92.6 Å². The Morgan fingerprint density at radius 3 is 2.56 bits per heavy atom. The smallest absolute Gasteiger partial charge is 0.410 e. The van der Waals surface area contributed by atoms with Gasteiger partial charge in [0.1, 0.15) is 18.3 Å². The van der Waals surface area contributed by atoms with Gasteiger partial charge in [0.2, 0.25) is 0 Å². The minimum Gasteiger partial charge on any atom is -0.441 e. The first-order valence-electron chi connectivity index (χ1n) is 8.91. The van der Waals surface area contributed by atoms with Crippen molar-refractivity contribution in [2.45, 2.75) is 25.4 Å². The number of aryl methyl sites for hydroxylation is 1. The SMILES string of the molecule is Cc1ccc(-n2cnnc2)cc1NC(=O)N1CCC2(CC1)CN(C)C(=O)O2. The third kappa shape index (κ3) is 3.32. The highest BCUT2D eigenvalue weighted by atomic mass is 16.6. The van der Waals surface area contributed by atoms with Crippen molar-refractivity contribution >= 4 is 17.8 Å². The van der Waals surface area contributed by atoms with Crippen LogP contribution < -0.4 is 5.32 Å². The molecule has 1 aromatic carbocycles. The number of ether oxygens (including phenoxy) is 1. The molecule has 142 valence electrons. The molecule has 0 bridgehead atoms. The molecule has 2 saturated heterocycles. The van der Waals surface area contributed by atoms with E-state index >= 15 is 0 Å². The van der Waals surface area contributed by atoms with Gasteiger partial charge in [0, 0.05) is 38.7 Å². The zero-order valence-corrected chi connectivity index (χ0v) is 15.4. The Balaban J connectivity index is 1.42. The lowest BCUT2D eigenvalue weighted by molar-refractivity contribution is 0.0109. The van der Waals surface area contributed by atoms with Gasteiger partial charge in [-0.05, 0) is 24.6 Å². The third-order valence-electron chi connectivity index (χ3n) is 5.28. The summed E-state index contributed by atoms with van der Waals surface area (Å²) < 4.78 is 7.32. The molecular weight excluding hydrogens is 348 g/mol. The molecule has 0 aliphatic carbocycles. The van der Waals surface area contributed by atoms with E-state index in [1.165, 1.54) is 0 Å². The summed E-state index contributed by atoms with van der Waals surface area (Å²) in [6, 6.07) is 5.65. The Bertz CT molecular complexity index is 858. The molecule has 27 heavy (non-hydrogen) atoms. The summed E-state index contributed by atoms with van der Waals surface area (Å²) in [5, 5.41) is 10.6. The summed E-state index contributed by atoms with van der Waals surface area (Å²) in [6.45, 7) is 3.64. The molecule has 2 fully saturated rings. The zero-order chi connectivity index (χ0) is 19.0. The number of amides is 3. The first kappa shape index (κ1) is 17.3. The Hall–Kier alpha value is -3.10. The largest absolute Gasteiger partial charge is 0.441 e.